The second-order valence-electron chi connectivity index (χ2n) is 6.71. The number of nitrogens with zero attached hydrogens (tertiary/aromatic N) is 3. The Morgan fingerprint density at radius 1 is 1.39 bits per heavy atom. The van der Waals surface area contributed by atoms with E-state index < -0.39 is 0 Å². The van der Waals surface area contributed by atoms with E-state index in [4.69, 9.17) is 14.2 Å². The number of hydrogen-bond acceptors (Lipinski definition) is 8. The van der Waals surface area contributed by atoms with Crippen LogP contribution in [0.1, 0.15) is 5.69 Å². The van der Waals surface area contributed by atoms with Crippen molar-refractivity contribution in [2.45, 2.75) is 13.0 Å². The van der Waals surface area contributed by atoms with Crippen LogP contribution in [0.25, 0.3) is 0 Å². The Hall–Kier alpha value is -2.65. The lowest BCUT2D eigenvalue weighted by Crippen LogP contribution is -2.37. The maximum absolute atomic E-state index is 11.9. The lowest BCUT2D eigenvalue weighted by Gasteiger charge is -2.29. The third kappa shape index (κ3) is 4.42. The zero-order valence-electron chi connectivity index (χ0n) is 16.4. The predicted molar refractivity (Wildman–Crippen MR) is 106 cm³/mol. The van der Waals surface area contributed by atoms with E-state index in [0.29, 0.717) is 38.5 Å². The third-order valence-corrected chi connectivity index (χ3v) is 4.91. The van der Waals surface area contributed by atoms with Gasteiger partial charge < -0.3 is 24.4 Å². The first-order valence-corrected chi connectivity index (χ1v) is 9.23. The Bertz CT molecular complexity index is 774. The van der Waals surface area contributed by atoms with E-state index >= 15 is 0 Å². The van der Waals surface area contributed by atoms with Crippen molar-refractivity contribution in [3.8, 4) is 0 Å². The minimum Gasteiger partial charge on any atom is -0.497 e. The van der Waals surface area contributed by atoms with Gasteiger partial charge in [-0.1, -0.05) is 6.08 Å². The molecule has 1 aliphatic heterocycles. The van der Waals surface area contributed by atoms with Gasteiger partial charge in [0.05, 0.1) is 31.4 Å². The van der Waals surface area contributed by atoms with Crippen LogP contribution in [0.4, 0.5) is 17.2 Å². The number of morpholine rings is 1. The fourth-order valence-corrected chi connectivity index (χ4v) is 3.44. The molecule has 1 aromatic heterocycles. The van der Waals surface area contributed by atoms with Gasteiger partial charge in [0, 0.05) is 38.4 Å². The number of aromatic nitrogens is 1. The molecule has 2 aliphatic rings. The molecule has 0 bridgehead atoms. The molecule has 1 aromatic rings. The second kappa shape index (κ2) is 9.03. The predicted octanol–water partition coefficient (Wildman–Crippen LogP) is 2.28. The Morgan fingerprint density at radius 3 is 2.79 bits per heavy atom. The number of pyridine rings is 1. The Balaban J connectivity index is 1.83. The molecule has 0 radical (unpaired) electrons. The molecule has 0 amide bonds. The van der Waals surface area contributed by atoms with Gasteiger partial charge in [0.25, 0.3) is 0 Å². The first kappa shape index (κ1) is 20.1. The summed E-state index contributed by atoms with van der Waals surface area (Å²) in [5.74, 6) is 1.01. The fourth-order valence-electron chi connectivity index (χ4n) is 3.44. The van der Waals surface area contributed by atoms with Crippen molar-refractivity contribution in [2.75, 3.05) is 57.3 Å². The van der Waals surface area contributed by atoms with Crippen molar-refractivity contribution in [3.63, 3.8) is 0 Å². The van der Waals surface area contributed by atoms with Crippen molar-refractivity contribution in [2.24, 2.45) is 5.92 Å². The zero-order chi connectivity index (χ0) is 20.1. The van der Waals surface area contributed by atoms with E-state index in [1.165, 1.54) is 0 Å². The van der Waals surface area contributed by atoms with Crippen molar-refractivity contribution in [1.82, 2.24) is 4.98 Å². The van der Waals surface area contributed by atoms with Crippen LogP contribution in [0.5, 0.6) is 0 Å². The zero-order valence-corrected chi connectivity index (χ0v) is 16.4. The summed E-state index contributed by atoms with van der Waals surface area (Å²) in [6.45, 7) is 4.62. The molecule has 1 fully saturated rings. The molecule has 28 heavy (non-hydrogen) atoms. The van der Waals surface area contributed by atoms with Gasteiger partial charge >= 0.3 is 5.69 Å². The summed E-state index contributed by atoms with van der Waals surface area (Å²) in [6.07, 6.45) is 5.56. The summed E-state index contributed by atoms with van der Waals surface area (Å²) in [5.41, 5.74) is 1.29. The van der Waals surface area contributed by atoms with E-state index in [0.717, 1.165) is 11.5 Å². The van der Waals surface area contributed by atoms with Gasteiger partial charge in [0.1, 0.15) is 11.4 Å². The van der Waals surface area contributed by atoms with Gasteiger partial charge in [-0.15, -0.1) is 0 Å². The summed E-state index contributed by atoms with van der Waals surface area (Å²) in [5, 5.41) is 15.0. The highest BCUT2D eigenvalue weighted by Crippen LogP contribution is 2.36. The monoisotopic (exact) mass is 390 g/mol. The number of ether oxygens (including phenoxy) is 3. The maximum Gasteiger partial charge on any atom is 0.334 e. The van der Waals surface area contributed by atoms with Gasteiger partial charge in [0.15, 0.2) is 0 Å². The van der Waals surface area contributed by atoms with Crippen molar-refractivity contribution >= 4 is 17.2 Å². The van der Waals surface area contributed by atoms with Crippen LogP contribution in [-0.2, 0) is 14.2 Å². The van der Waals surface area contributed by atoms with Gasteiger partial charge in [-0.2, -0.15) is 0 Å². The molecule has 1 aliphatic carbocycles. The lowest BCUT2D eigenvalue weighted by atomic mass is 9.96. The minimum absolute atomic E-state index is 0.00217. The van der Waals surface area contributed by atoms with Crippen LogP contribution >= 0.6 is 0 Å². The topological polar surface area (TPSA) is 99.0 Å². The van der Waals surface area contributed by atoms with Gasteiger partial charge in [0.2, 0.25) is 5.82 Å². The maximum atomic E-state index is 11.9. The molecule has 2 unspecified atom stereocenters. The van der Waals surface area contributed by atoms with Crippen molar-refractivity contribution < 1.29 is 19.1 Å². The molecule has 9 heteroatoms. The number of anilines is 2. The fraction of sp³-hybridized carbons (Fsp3) is 0.526. The largest absolute Gasteiger partial charge is 0.497 e. The average Bonchev–Trinajstić information content (AvgIpc) is 2.71. The number of methoxy groups -OCH3 is 2. The molecule has 2 atom stereocenters. The van der Waals surface area contributed by atoms with Crippen LogP contribution in [0.2, 0.25) is 0 Å². The molecule has 0 spiro atoms. The normalized spacial score (nSPS) is 22.0. The summed E-state index contributed by atoms with van der Waals surface area (Å²) in [4.78, 5) is 17.9. The van der Waals surface area contributed by atoms with E-state index in [1.807, 2.05) is 30.1 Å². The van der Waals surface area contributed by atoms with Crippen LogP contribution in [0.15, 0.2) is 30.1 Å². The molecule has 1 saturated heterocycles. The standard InChI is InChI=1S/C19H26N4O5/c1-13-10-16(22-6-8-28-9-7-22)18(23(24)25)19(21-13)20-12-14-4-5-15(26-2)11-17(14)27-3/h4-5,10-11,14,17H,6-9,12H2,1-3H3,(H,20,21). The van der Waals surface area contributed by atoms with E-state index in [1.54, 1.807) is 20.3 Å². The molecule has 9 nitrogen and oxygen atoms in total. The quantitative estimate of drug-likeness (QED) is 0.559. The SMILES string of the molecule is COC1=CC(OC)C(CNc2nc(C)cc(N3CCOCC3)c2[N+](=O)[O-])C=C1. The number of nitrogens with one attached hydrogen (secondary N) is 1. The Kier molecular flexibility index (Phi) is 6.48. The van der Waals surface area contributed by atoms with Crippen LogP contribution in [-0.4, -0.2) is 63.1 Å². The summed E-state index contributed by atoms with van der Waals surface area (Å²) < 4.78 is 16.1. The summed E-state index contributed by atoms with van der Waals surface area (Å²) in [6, 6.07) is 1.76. The Labute approximate surface area is 164 Å². The second-order valence-corrected chi connectivity index (χ2v) is 6.71. The highest BCUT2D eigenvalue weighted by Gasteiger charge is 2.28. The lowest BCUT2D eigenvalue weighted by molar-refractivity contribution is -0.383. The molecule has 152 valence electrons. The Morgan fingerprint density at radius 2 is 2.14 bits per heavy atom. The smallest absolute Gasteiger partial charge is 0.334 e. The molecule has 1 N–H and O–H groups in total. The summed E-state index contributed by atoms with van der Waals surface area (Å²) >= 11 is 0. The molecular formula is C19H26N4O5. The van der Waals surface area contributed by atoms with E-state index in [-0.39, 0.29) is 28.5 Å². The van der Waals surface area contributed by atoms with E-state index in [2.05, 4.69) is 10.3 Å². The highest BCUT2D eigenvalue weighted by atomic mass is 16.6. The van der Waals surface area contributed by atoms with Crippen molar-refractivity contribution in [1.29, 1.82) is 0 Å². The first-order chi connectivity index (χ1) is 13.5. The number of hydrogen-bond donors (Lipinski definition) is 1. The number of allylic oxidation sites excluding steroid dienone is 1. The molecule has 0 aromatic carbocycles. The third-order valence-electron chi connectivity index (χ3n) is 4.91. The van der Waals surface area contributed by atoms with Gasteiger partial charge in [-0.05, 0) is 25.1 Å². The van der Waals surface area contributed by atoms with Gasteiger partial charge in [-0.25, -0.2) is 4.98 Å². The number of aryl methyl sites for hydroxylation is 1. The molecule has 2 heterocycles. The minimum atomic E-state index is -0.368. The first-order valence-electron chi connectivity index (χ1n) is 9.23. The van der Waals surface area contributed by atoms with E-state index in [9.17, 15) is 10.1 Å². The molecular weight excluding hydrogens is 364 g/mol. The van der Waals surface area contributed by atoms with Crippen LogP contribution in [0, 0.1) is 23.0 Å². The summed E-state index contributed by atoms with van der Waals surface area (Å²) in [7, 11) is 3.24. The average molecular weight is 390 g/mol. The highest BCUT2D eigenvalue weighted by molar-refractivity contribution is 5.75. The number of nitro groups is 1. The molecule has 0 saturated carbocycles. The van der Waals surface area contributed by atoms with Crippen LogP contribution < -0.4 is 10.2 Å². The number of rotatable bonds is 7. The van der Waals surface area contributed by atoms with Crippen molar-refractivity contribution in [3.05, 3.63) is 45.9 Å². The molecule has 3 rings (SSSR count). The van der Waals surface area contributed by atoms with Crippen LogP contribution in [0.3, 0.4) is 0 Å². The van der Waals surface area contributed by atoms with Gasteiger partial charge in [-0.3, -0.25) is 10.1 Å².